The lowest BCUT2D eigenvalue weighted by Crippen LogP contribution is -2.44. The molecule has 1 aliphatic heterocycles. The van der Waals surface area contributed by atoms with E-state index in [1.54, 1.807) is 0 Å². The van der Waals surface area contributed by atoms with Gasteiger partial charge in [0.1, 0.15) is 5.82 Å². The average molecular weight is 666 g/mol. The Kier molecular flexibility index (Phi) is 6.25. The van der Waals surface area contributed by atoms with Crippen molar-refractivity contribution >= 4 is 68.3 Å². The number of hydrogen-bond donors (Lipinski definition) is 0. The van der Waals surface area contributed by atoms with Crippen LogP contribution < -0.4 is 4.90 Å². The maximum absolute atomic E-state index is 5.65. The molecular formula is C17H18I2N8OP2. The molecule has 0 spiro atoms. The van der Waals surface area contributed by atoms with Crippen molar-refractivity contribution < 1.29 is 4.74 Å². The van der Waals surface area contributed by atoms with Gasteiger partial charge in [-0.2, -0.15) is 15.3 Å². The standard InChI is InChI=1S/C17H18I2N8OP2/c1-11-10-28-7-6-24(11)16-8-15(14-3-5-21-27(14)30-19)25-17(23-16)12(9-22-25)13-2-4-20-26(13)29-18/h2-5,8-9,11,29-30H,6-7,10H2,1H3/t11-/m1/s1. The topological polar surface area (TPSA) is 78.3 Å². The van der Waals surface area contributed by atoms with Crippen molar-refractivity contribution in [2.45, 2.75) is 13.0 Å². The highest BCUT2D eigenvalue weighted by molar-refractivity contribution is 14.2. The zero-order chi connectivity index (χ0) is 20.7. The summed E-state index contributed by atoms with van der Waals surface area (Å²) in [6, 6.07) is 6.42. The maximum atomic E-state index is 5.65. The van der Waals surface area contributed by atoms with Gasteiger partial charge in [0.25, 0.3) is 0 Å². The Bertz CT molecular complexity index is 1190. The first kappa shape index (κ1) is 21.0. The van der Waals surface area contributed by atoms with E-state index in [0.717, 1.165) is 40.7 Å². The summed E-state index contributed by atoms with van der Waals surface area (Å²) in [4.78, 5) is 7.38. The van der Waals surface area contributed by atoms with Crippen molar-refractivity contribution in [3.05, 3.63) is 36.8 Å². The van der Waals surface area contributed by atoms with E-state index < -0.39 is 0 Å². The Balaban J connectivity index is 1.76. The minimum absolute atomic E-state index is 0.255. The second-order valence-corrected chi connectivity index (χ2v) is 10.9. The summed E-state index contributed by atoms with van der Waals surface area (Å²) in [5.41, 5.74) is 4.82. The van der Waals surface area contributed by atoms with E-state index in [9.17, 15) is 0 Å². The summed E-state index contributed by atoms with van der Waals surface area (Å²) < 4.78 is 11.5. The fraction of sp³-hybridized carbons (Fsp3) is 0.294. The van der Waals surface area contributed by atoms with Crippen LogP contribution in [-0.4, -0.2) is 59.5 Å². The van der Waals surface area contributed by atoms with Gasteiger partial charge in [-0.15, -0.1) is 0 Å². The molecule has 0 saturated carbocycles. The van der Waals surface area contributed by atoms with Crippen LogP contribution in [0.3, 0.4) is 0 Å². The van der Waals surface area contributed by atoms with Gasteiger partial charge in [-0.3, -0.25) is 0 Å². The summed E-state index contributed by atoms with van der Waals surface area (Å²) in [6.07, 6.45) is 6.54. The molecule has 13 heteroatoms. The summed E-state index contributed by atoms with van der Waals surface area (Å²) >= 11 is 4.69. The maximum Gasteiger partial charge on any atom is 0.167 e. The molecule has 0 aliphatic carbocycles. The molecule has 3 atom stereocenters. The molecule has 1 aliphatic rings. The molecule has 2 unspecified atom stereocenters. The summed E-state index contributed by atoms with van der Waals surface area (Å²) in [5, 5.41) is 13.6. The molecule has 156 valence electrons. The first-order chi connectivity index (χ1) is 14.7. The van der Waals surface area contributed by atoms with Crippen LogP contribution >= 0.6 is 56.8 Å². The van der Waals surface area contributed by atoms with Gasteiger partial charge in [0, 0.05) is 25.0 Å². The van der Waals surface area contributed by atoms with Crippen LogP contribution in [0.1, 0.15) is 6.92 Å². The third kappa shape index (κ3) is 3.66. The molecule has 0 radical (unpaired) electrons. The molecule has 0 aromatic carbocycles. The van der Waals surface area contributed by atoms with Crippen LogP contribution in [0.15, 0.2) is 36.8 Å². The van der Waals surface area contributed by atoms with Gasteiger partial charge in [0.05, 0.1) is 60.8 Å². The van der Waals surface area contributed by atoms with E-state index in [-0.39, 0.29) is 6.04 Å². The number of anilines is 1. The lowest BCUT2D eigenvalue weighted by atomic mass is 10.2. The van der Waals surface area contributed by atoms with Crippen molar-refractivity contribution in [3.63, 3.8) is 0 Å². The normalized spacial score (nSPS) is 18.0. The molecule has 1 fully saturated rings. The second kappa shape index (κ2) is 8.93. The van der Waals surface area contributed by atoms with Crippen molar-refractivity contribution in [3.8, 4) is 22.6 Å². The number of fused-ring (bicyclic) bond motifs is 1. The highest BCUT2D eigenvalue weighted by Crippen LogP contribution is 2.36. The van der Waals surface area contributed by atoms with Gasteiger partial charge in [-0.25, -0.2) is 18.4 Å². The second-order valence-electron chi connectivity index (χ2n) is 6.84. The molecule has 0 N–H and O–H groups in total. The summed E-state index contributed by atoms with van der Waals surface area (Å²) in [5.74, 6) is 0.933. The molecule has 0 amide bonds. The zero-order valence-electron chi connectivity index (χ0n) is 15.9. The van der Waals surface area contributed by atoms with Crippen molar-refractivity contribution in [2.24, 2.45) is 0 Å². The fourth-order valence-electron chi connectivity index (χ4n) is 3.67. The van der Waals surface area contributed by atoms with Crippen LogP contribution in [0.25, 0.3) is 28.3 Å². The Morgan fingerprint density at radius 2 is 1.77 bits per heavy atom. The zero-order valence-corrected chi connectivity index (χ0v) is 22.2. The number of ether oxygens (including phenoxy) is 1. The quantitative estimate of drug-likeness (QED) is 0.234. The van der Waals surface area contributed by atoms with Gasteiger partial charge >= 0.3 is 0 Å². The lowest BCUT2D eigenvalue weighted by molar-refractivity contribution is 0.0985. The Hall–Kier alpha value is -0.880. The van der Waals surface area contributed by atoms with E-state index in [2.05, 4.69) is 72.2 Å². The third-order valence-corrected chi connectivity index (χ3v) is 8.88. The molecule has 4 aromatic rings. The first-order valence-corrected chi connectivity index (χ1v) is 17.4. The van der Waals surface area contributed by atoms with Crippen molar-refractivity contribution in [1.29, 1.82) is 0 Å². The SMILES string of the molecule is C[C@@H]1COCCN1c1cc(-c2ccnn2PI)n2ncc(-c3ccnn3PI)c2n1. The first-order valence-electron chi connectivity index (χ1n) is 9.26. The molecule has 9 nitrogen and oxygen atoms in total. The highest BCUT2D eigenvalue weighted by atomic mass is 127. The number of aromatic nitrogens is 7. The van der Waals surface area contributed by atoms with E-state index >= 15 is 0 Å². The van der Waals surface area contributed by atoms with Crippen LogP contribution in [-0.2, 0) is 4.74 Å². The van der Waals surface area contributed by atoms with E-state index in [0.29, 0.717) is 26.0 Å². The number of halogens is 2. The molecule has 30 heavy (non-hydrogen) atoms. The van der Waals surface area contributed by atoms with Crippen molar-refractivity contribution in [1.82, 2.24) is 33.7 Å². The number of morpholine rings is 1. The number of nitrogens with zero attached hydrogens (tertiary/aromatic N) is 8. The molecule has 0 bridgehead atoms. The van der Waals surface area contributed by atoms with E-state index in [4.69, 9.17) is 14.8 Å². The van der Waals surface area contributed by atoms with E-state index in [1.165, 1.54) is 0 Å². The monoisotopic (exact) mass is 666 g/mol. The number of rotatable bonds is 5. The third-order valence-electron chi connectivity index (χ3n) is 5.10. The molecule has 1 saturated heterocycles. The summed E-state index contributed by atoms with van der Waals surface area (Å²) in [6.45, 7) is 4.39. The Morgan fingerprint density at radius 3 is 2.50 bits per heavy atom. The van der Waals surface area contributed by atoms with Gasteiger partial charge in [0.15, 0.2) is 5.65 Å². The van der Waals surface area contributed by atoms with Gasteiger partial charge in [-0.05, 0) is 63.1 Å². The highest BCUT2D eigenvalue weighted by Gasteiger charge is 2.24. The summed E-state index contributed by atoms with van der Waals surface area (Å²) in [7, 11) is 0. The van der Waals surface area contributed by atoms with Gasteiger partial charge in [0.2, 0.25) is 0 Å². The van der Waals surface area contributed by atoms with Gasteiger partial charge < -0.3 is 9.64 Å². The van der Waals surface area contributed by atoms with Crippen molar-refractivity contribution in [2.75, 3.05) is 24.7 Å². The predicted molar refractivity (Wildman–Crippen MR) is 139 cm³/mol. The Morgan fingerprint density at radius 1 is 1.03 bits per heavy atom. The van der Waals surface area contributed by atoms with Crippen LogP contribution in [0.4, 0.5) is 5.82 Å². The average Bonchev–Trinajstić information content (AvgIpc) is 3.51. The Labute approximate surface area is 202 Å². The minimum atomic E-state index is 0.255. The fourth-order valence-corrected chi connectivity index (χ4v) is 6.76. The molecule has 5 heterocycles. The molecular weight excluding hydrogens is 648 g/mol. The van der Waals surface area contributed by atoms with Gasteiger partial charge in [-0.1, -0.05) is 0 Å². The molecule has 4 aromatic heterocycles. The largest absolute Gasteiger partial charge is 0.377 e. The van der Waals surface area contributed by atoms with E-state index in [1.807, 2.05) is 44.1 Å². The predicted octanol–water partition coefficient (Wildman–Crippen LogP) is 4.26. The van der Waals surface area contributed by atoms with Crippen LogP contribution in [0.5, 0.6) is 0 Å². The lowest BCUT2D eigenvalue weighted by Gasteiger charge is -2.34. The number of hydrogen-bond acceptors (Lipinski definition) is 6. The van der Waals surface area contributed by atoms with Crippen LogP contribution in [0, 0.1) is 0 Å². The minimum Gasteiger partial charge on any atom is -0.377 e. The molecule has 5 rings (SSSR count). The van der Waals surface area contributed by atoms with Crippen LogP contribution in [0.2, 0.25) is 0 Å². The smallest absolute Gasteiger partial charge is 0.167 e.